The van der Waals surface area contributed by atoms with Crippen LogP contribution in [0.5, 0.6) is 11.5 Å². The molecule has 5 rings (SSSR count). The Labute approximate surface area is 240 Å². The number of ether oxygens (including phenoxy) is 1. The molecule has 0 saturated carbocycles. The fraction of sp³-hybridized carbons (Fsp3) is 0.226. The van der Waals surface area contributed by atoms with Crippen LogP contribution in [0.2, 0.25) is 0 Å². The monoisotopic (exact) mass is 574 g/mol. The topological polar surface area (TPSA) is 77.3 Å². The number of nitrogens with zero attached hydrogens (tertiary/aromatic N) is 4. The fourth-order valence-electron chi connectivity index (χ4n) is 4.33. The van der Waals surface area contributed by atoms with Crippen LogP contribution in [-0.2, 0) is 29.0 Å². The summed E-state index contributed by atoms with van der Waals surface area (Å²) >= 11 is 1.46. The van der Waals surface area contributed by atoms with E-state index in [9.17, 15) is 14.0 Å². The van der Waals surface area contributed by atoms with Gasteiger partial charge in [-0.3, -0.25) is 14.6 Å². The summed E-state index contributed by atoms with van der Waals surface area (Å²) in [6.45, 7) is 1.72. The molecule has 0 amide bonds. The van der Waals surface area contributed by atoms with Crippen LogP contribution in [0, 0.1) is 11.6 Å². The van der Waals surface area contributed by atoms with Gasteiger partial charge >= 0.3 is 0 Å². The van der Waals surface area contributed by atoms with Crippen molar-refractivity contribution in [1.82, 2.24) is 19.4 Å². The highest BCUT2D eigenvalue weighted by Crippen LogP contribution is 2.39. The lowest BCUT2D eigenvalue weighted by Gasteiger charge is -2.09. The lowest BCUT2D eigenvalue weighted by Crippen LogP contribution is -2.17. The molecule has 0 unspecified atom stereocenters. The largest absolute Gasteiger partial charge is 0.453 e. The Morgan fingerprint density at radius 3 is 2.54 bits per heavy atom. The number of rotatable bonds is 12. The quantitative estimate of drug-likeness (QED) is 0.168. The highest BCUT2D eigenvalue weighted by Gasteiger charge is 2.17. The van der Waals surface area contributed by atoms with Gasteiger partial charge in [-0.25, -0.2) is 13.8 Å². The van der Waals surface area contributed by atoms with Crippen LogP contribution in [-0.4, -0.2) is 51.6 Å². The standard InChI is InChI=1S/C31H28F2N4O3S/c1-36(2)11-12-37-18-27(35-19-37)30-17-26-31(41-30)29(9-10-34-26)40-28-8-7-20(14-25(28)33)13-22(38)16-23(39)15-21-5-3-4-6-24(21)32/h3-10,14,17-19H,11-13,15-16H2,1-2H3. The van der Waals surface area contributed by atoms with Gasteiger partial charge in [0.15, 0.2) is 11.6 Å². The molecule has 41 heavy (non-hydrogen) atoms. The van der Waals surface area contributed by atoms with Crippen molar-refractivity contribution < 1.29 is 23.1 Å². The molecule has 0 aliphatic heterocycles. The molecule has 0 saturated heterocycles. The Hall–Kier alpha value is -4.28. The number of fused-ring (bicyclic) bond motifs is 1. The minimum Gasteiger partial charge on any atom is -0.453 e. The van der Waals surface area contributed by atoms with Crippen LogP contribution in [0.3, 0.4) is 0 Å². The number of thiophene rings is 1. The van der Waals surface area contributed by atoms with Crippen molar-refractivity contribution in [2.24, 2.45) is 0 Å². The van der Waals surface area contributed by atoms with Crippen LogP contribution >= 0.6 is 11.3 Å². The summed E-state index contributed by atoms with van der Waals surface area (Å²) in [4.78, 5) is 36.7. The first-order chi connectivity index (χ1) is 19.7. The van der Waals surface area contributed by atoms with Gasteiger partial charge in [0.05, 0.1) is 33.5 Å². The molecule has 0 aliphatic rings. The smallest absolute Gasteiger partial charge is 0.166 e. The maximum atomic E-state index is 15.0. The van der Waals surface area contributed by atoms with Crippen molar-refractivity contribution in [1.29, 1.82) is 0 Å². The van der Waals surface area contributed by atoms with Gasteiger partial charge in [-0.05, 0) is 49.5 Å². The van der Waals surface area contributed by atoms with Crippen molar-refractivity contribution in [2.75, 3.05) is 20.6 Å². The molecule has 0 bridgehead atoms. The van der Waals surface area contributed by atoms with E-state index >= 15 is 4.39 Å². The molecule has 0 radical (unpaired) electrons. The average molecular weight is 575 g/mol. The minimum atomic E-state index is -0.630. The number of carbonyl (C=O) groups is 2. The SMILES string of the molecule is CN(C)CCn1cnc(-c2cc3nccc(Oc4ccc(CC(=O)CC(=O)Cc5ccccc5F)cc4F)c3s2)c1. The molecule has 0 atom stereocenters. The van der Waals surface area contributed by atoms with E-state index in [1.54, 1.807) is 30.7 Å². The molecule has 210 valence electrons. The van der Waals surface area contributed by atoms with Crippen LogP contribution in [0.15, 0.2) is 73.3 Å². The van der Waals surface area contributed by atoms with Gasteiger partial charge in [-0.2, -0.15) is 0 Å². The van der Waals surface area contributed by atoms with E-state index in [1.165, 1.54) is 41.7 Å². The molecule has 10 heteroatoms. The van der Waals surface area contributed by atoms with Crippen LogP contribution in [0.1, 0.15) is 17.5 Å². The van der Waals surface area contributed by atoms with Gasteiger partial charge in [0.25, 0.3) is 0 Å². The average Bonchev–Trinajstić information content (AvgIpc) is 3.58. The molecular formula is C31H28F2N4O3S. The van der Waals surface area contributed by atoms with E-state index in [-0.39, 0.29) is 36.4 Å². The molecule has 2 aromatic carbocycles. The van der Waals surface area contributed by atoms with Crippen LogP contribution < -0.4 is 4.74 Å². The number of ketones is 2. The molecule has 0 aliphatic carbocycles. The first kappa shape index (κ1) is 28.3. The fourth-order valence-corrected chi connectivity index (χ4v) is 5.36. The second-order valence-corrected chi connectivity index (χ2v) is 11.1. The maximum absolute atomic E-state index is 15.0. The van der Waals surface area contributed by atoms with Gasteiger partial charge in [-0.15, -0.1) is 11.3 Å². The summed E-state index contributed by atoms with van der Waals surface area (Å²) in [6.07, 6.45) is 4.76. The molecule has 0 fully saturated rings. The number of hydrogen-bond donors (Lipinski definition) is 0. The summed E-state index contributed by atoms with van der Waals surface area (Å²) in [7, 11) is 4.04. The highest BCUT2D eigenvalue weighted by molar-refractivity contribution is 7.22. The zero-order chi connectivity index (χ0) is 28.9. The molecule has 3 heterocycles. The van der Waals surface area contributed by atoms with Crippen LogP contribution in [0.25, 0.3) is 20.8 Å². The first-order valence-electron chi connectivity index (χ1n) is 13.0. The minimum absolute atomic E-state index is 0.00671. The third kappa shape index (κ3) is 7.08. The van der Waals surface area contributed by atoms with Gasteiger partial charge < -0.3 is 14.2 Å². The molecule has 7 nitrogen and oxygen atoms in total. The van der Waals surface area contributed by atoms with Crippen molar-refractivity contribution in [3.8, 4) is 22.1 Å². The zero-order valence-corrected chi connectivity index (χ0v) is 23.5. The number of benzene rings is 2. The van der Waals surface area contributed by atoms with Gasteiger partial charge in [0, 0.05) is 44.4 Å². The number of hydrogen-bond acceptors (Lipinski definition) is 7. The third-order valence-corrected chi connectivity index (χ3v) is 7.59. The molecule has 3 aromatic heterocycles. The Morgan fingerprint density at radius 2 is 1.76 bits per heavy atom. The molecular weight excluding hydrogens is 546 g/mol. The molecule has 0 spiro atoms. The molecule has 0 N–H and O–H groups in total. The number of imidazole rings is 1. The van der Waals surface area contributed by atoms with E-state index < -0.39 is 17.4 Å². The Balaban J connectivity index is 1.24. The van der Waals surface area contributed by atoms with E-state index in [4.69, 9.17) is 4.74 Å². The van der Waals surface area contributed by atoms with Gasteiger partial charge in [0.2, 0.25) is 0 Å². The third-order valence-electron chi connectivity index (χ3n) is 6.42. The second kappa shape index (κ2) is 12.5. The Bertz CT molecular complexity index is 1710. The molecule has 5 aromatic rings. The van der Waals surface area contributed by atoms with Crippen molar-refractivity contribution >= 4 is 33.1 Å². The summed E-state index contributed by atoms with van der Waals surface area (Å²) in [6, 6.07) is 13.9. The van der Waals surface area contributed by atoms with E-state index in [0.717, 1.165) is 28.4 Å². The Morgan fingerprint density at radius 1 is 0.951 bits per heavy atom. The predicted molar refractivity (Wildman–Crippen MR) is 154 cm³/mol. The number of carbonyl (C=O) groups excluding carboxylic acids is 2. The first-order valence-corrected chi connectivity index (χ1v) is 13.9. The van der Waals surface area contributed by atoms with E-state index in [1.807, 2.05) is 30.9 Å². The predicted octanol–water partition coefficient (Wildman–Crippen LogP) is 6.11. The maximum Gasteiger partial charge on any atom is 0.166 e. The summed E-state index contributed by atoms with van der Waals surface area (Å²) in [5.41, 5.74) is 2.20. The van der Waals surface area contributed by atoms with E-state index in [2.05, 4.69) is 14.9 Å². The number of Topliss-reactive ketones (excluding diaryl/α,β-unsaturated/α-hetero) is 2. The van der Waals surface area contributed by atoms with Crippen LogP contribution in [0.4, 0.5) is 8.78 Å². The highest BCUT2D eigenvalue weighted by atomic mass is 32.1. The van der Waals surface area contributed by atoms with Crippen molar-refractivity contribution in [2.45, 2.75) is 25.8 Å². The van der Waals surface area contributed by atoms with Gasteiger partial charge in [0.1, 0.15) is 23.1 Å². The number of pyridine rings is 1. The number of likely N-dealkylation sites (N-methyl/N-ethyl adjacent to an activating group) is 1. The second-order valence-electron chi connectivity index (χ2n) is 10.0. The lowest BCUT2D eigenvalue weighted by atomic mass is 10.0. The zero-order valence-electron chi connectivity index (χ0n) is 22.6. The lowest BCUT2D eigenvalue weighted by molar-refractivity contribution is -0.126. The number of aromatic nitrogens is 3. The summed E-state index contributed by atoms with van der Waals surface area (Å²) < 4.78 is 37.5. The van der Waals surface area contributed by atoms with E-state index in [0.29, 0.717) is 16.8 Å². The van der Waals surface area contributed by atoms with Gasteiger partial charge in [-0.1, -0.05) is 24.3 Å². The van der Waals surface area contributed by atoms with Crippen molar-refractivity contribution in [3.05, 3.63) is 96.1 Å². The number of halogens is 2. The summed E-state index contributed by atoms with van der Waals surface area (Å²) in [5.74, 6) is -1.41. The van der Waals surface area contributed by atoms with Crippen molar-refractivity contribution in [3.63, 3.8) is 0 Å². The normalized spacial score (nSPS) is 11.3. The summed E-state index contributed by atoms with van der Waals surface area (Å²) in [5, 5.41) is 0. The Kier molecular flexibility index (Phi) is 8.61.